The zero-order valence-electron chi connectivity index (χ0n) is 9.17. The molecule has 0 unspecified atom stereocenters. The molecule has 1 fully saturated rings. The van der Waals surface area contributed by atoms with Crippen molar-refractivity contribution in [2.75, 3.05) is 13.1 Å². The number of halogens is 1. The predicted molar refractivity (Wildman–Crippen MR) is 60.4 cm³/mol. The van der Waals surface area contributed by atoms with Crippen molar-refractivity contribution in [1.82, 2.24) is 5.32 Å². The molecule has 2 rings (SSSR count). The van der Waals surface area contributed by atoms with E-state index >= 15 is 0 Å². The Morgan fingerprint density at radius 3 is 2.67 bits per heavy atom. The first-order valence-corrected chi connectivity index (χ1v) is 5.77. The van der Waals surface area contributed by atoms with E-state index in [1.54, 1.807) is 12.1 Å². The van der Waals surface area contributed by atoms with Gasteiger partial charge in [0, 0.05) is 12.5 Å². The Bertz CT molecular complexity index is 307. The molecule has 0 spiro atoms. The zero-order valence-corrected chi connectivity index (χ0v) is 9.17. The van der Waals surface area contributed by atoms with Crippen molar-refractivity contribution in [2.45, 2.75) is 25.7 Å². The lowest BCUT2D eigenvalue weighted by atomic mass is 9.86. The molecule has 2 heteroatoms. The number of benzene rings is 1. The third-order valence-corrected chi connectivity index (χ3v) is 3.30. The van der Waals surface area contributed by atoms with Crippen LogP contribution in [0.3, 0.4) is 0 Å². The van der Waals surface area contributed by atoms with Gasteiger partial charge in [0.15, 0.2) is 0 Å². The Hall–Kier alpha value is -0.890. The second-order valence-corrected chi connectivity index (χ2v) is 4.37. The highest BCUT2D eigenvalue weighted by Crippen LogP contribution is 2.31. The van der Waals surface area contributed by atoms with Crippen molar-refractivity contribution < 1.29 is 4.39 Å². The molecule has 1 heterocycles. The fourth-order valence-electron chi connectivity index (χ4n) is 2.51. The fraction of sp³-hybridized carbons (Fsp3) is 0.538. The van der Waals surface area contributed by atoms with E-state index in [2.05, 4.69) is 12.2 Å². The molecule has 2 atom stereocenters. The Morgan fingerprint density at radius 2 is 2.00 bits per heavy atom. The number of hydrogen-bond donors (Lipinski definition) is 1. The monoisotopic (exact) mass is 207 g/mol. The standard InChI is InChI=1S/C13H18FN/c1-2-3-11-8-15-9-13(11)10-4-6-12(14)7-5-10/h4-7,11,13,15H,2-3,8-9H2,1H3/t11-,13-/m1/s1. The van der Waals surface area contributed by atoms with Crippen molar-refractivity contribution in [3.8, 4) is 0 Å². The first-order valence-electron chi connectivity index (χ1n) is 5.77. The van der Waals surface area contributed by atoms with Crippen LogP contribution in [0.2, 0.25) is 0 Å². The fourth-order valence-corrected chi connectivity index (χ4v) is 2.51. The van der Waals surface area contributed by atoms with Crippen molar-refractivity contribution in [3.05, 3.63) is 35.6 Å². The van der Waals surface area contributed by atoms with Gasteiger partial charge in [0.05, 0.1) is 0 Å². The molecule has 1 nitrogen and oxygen atoms in total. The van der Waals surface area contributed by atoms with E-state index in [0.29, 0.717) is 5.92 Å². The third-order valence-electron chi connectivity index (χ3n) is 3.30. The quantitative estimate of drug-likeness (QED) is 0.803. The van der Waals surface area contributed by atoms with Crippen molar-refractivity contribution in [2.24, 2.45) is 5.92 Å². The van der Waals surface area contributed by atoms with Gasteiger partial charge in [0.1, 0.15) is 5.82 Å². The van der Waals surface area contributed by atoms with Crippen LogP contribution in [0.25, 0.3) is 0 Å². The summed E-state index contributed by atoms with van der Waals surface area (Å²) in [5.74, 6) is 1.16. The van der Waals surface area contributed by atoms with Gasteiger partial charge in [-0.3, -0.25) is 0 Å². The minimum atomic E-state index is -0.142. The lowest BCUT2D eigenvalue weighted by molar-refractivity contribution is 0.473. The summed E-state index contributed by atoms with van der Waals surface area (Å²) in [6.07, 6.45) is 2.49. The summed E-state index contributed by atoms with van der Waals surface area (Å²) >= 11 is 0. The minimum Gasteiger partial charge on any atom is -0.316 e. The Balaban J connectivity index is 2.11. The highest BCUT2D eigenvalue weighted by atomic mass is 19.1. The molecule has 1 saturated heterocycles. The van der Waals surface area contributed by atoms with Crippen LogP contribution in [0.1, 0.15) is 31.2 Å². The highest BCUT2D eigenvalue weighted by Gasteiger charge is 2.27. The average molecular weight is 207 g/mol. The molecule has 1 N–H and O–H groups in total. The van der Waals surface area contributed by atoms with Crippen LogP contribution >= 0.6 is 0 Å². The number of rotatable bonds is 3. The van der Waals surface area contributed by atoms with Crippen LogP contribution in [0.5, 0.6) is 0 Å². The van der Waals surface area contributed by atoms with Crippen molar-refractivity contribution in [3.63, 3.8) is 0 Å². The molecule has 1 aliphatic rings. The van der Waals surface area contributed by atoms with E-state index in [9.17, 15) is 4.39 Å². The van der Waals surface area contributed by atoms with Gasteiger partial charge in [-0.15, -0.1) is 0 Å². The Morgan fingerprint density at radius 1 is 1.27 bits per heavy atom. The summed E-state index contributed by atoms with van der Waals surface area (Å²) in [6.45, 7) is 4.37. The molecule has 0 saturated carbocycles. The first-order chi connectivity index (χ1) is 7.31. The average Bonchev–Trinajstić information content (AvgIpc) is 2.68. The molecule has 0 radical (unpaired) electrons. The molecule has 0 bridgehead atoms. The Kier molecular flexibility index (Phi) is 3.37. The second kappa shape index (κ2) is 4.75. The molecule has 0 amide bonds. The van der Waals surface area contributed by atoms with Crippen LogP contribution in [-0.4, -0.2) is 13.1 Å². The van der Waals surface area contributed by atoms with Gasteiger partial charge in [0.2, 0.25) is 0 Å². The highest BCUT2D eigenvalue weighted by molar-refractivity contribution is 5.23. The summed E-state index contributed by atoms with van der Waals surface area (Å²) in [5, 5.41) is 3.43. The van der Waals surface area contributed by atoms with Crippen LogP contribution in [-0.2, 0) is 0 Å². The second-order valence-electron chi connectivity index (χ2n) is 4.37. The van der Waals surface area contributed by atoms with Crippen molar-refractivity contribution in [1.29, 1.82) is 0 Å². The van der Waals surface area contributed by atoms with Gasteiger partial charge in [-0.2, -0.15) is 0 Å². The van der Waals surface area contributed by atoms with E-state index in [4.69, 9.17) is 0 Å². The zero-order chi connectivity index (χ0) is 10.7. The third kappa shape index (κ3) is 2.37. The molecule has 0 aliphatic carbocycles. The largest absolute Gasteiger partial charge is 0.316 e. The molecule has 1 aromatic rings. The lowest BCUT2D eigenvalue weighted by Gasteiger charge is -2.18. The van der Waals surface area contributed by atoms with Crippen LogP contribution in [0, 0.1) is 11.7 Å². The van der Waals surface area contributed by atoms with Gasteiger partial charge < -0.3 is 5.32 Å². The van der Waals surface area contributed by atoms with Gasteiger partial charge in [-0.1, -0.05) is 25.5 Å². The van der Waals surface area contributed by atoms with E-state index < -0.39 is 0 Å². The molecule has 82 valence electrons. The minimum absolute atomic E-state index is 0.142. The van der Waals surface area contributed by atoms with E-state index in [0.717, 1.165) is 19.0 Å². The molecule has 1 aromatic carbocycles. The SMILES string of the molecule is CCC[C@@H]1CNC[C@@H]1c1ccc(F)cc1. The molecular weight excluding hydrogens is 189 g/mol. The summed E-state index contributed by atoms with van der Waals surface area (Å²) in [7, 11) is 0. The van der Waals surface area contributed by atoms with Crippen LogP contribution < -0.4 is 5.32 Å². The van der Waals surface area contributed by atoms with Gasteiger partial charge >= 0.3 is 0 Å². The first kappa shape index (κ1) is 10.6. The van der Waals surface area contributed by atoms with Crippen LogP contribution in [0.15, 0.2) is 24.3 Å². The van der Waals surface area contributed by atoms with Gasteiger partial charge in [-0.05, 0) is 36.6 Å². The molecular formula is C13H18FN. The van der Waals surface area contributed by atoms with Crippen LogP contribution in [0.4, 0.5) is 4.39 Å². The normalized spacial score (nSPS) is 25.7. The summed E-state index contributed by atoms with van der Waals surface area (Å²) in [6, 6.07) is 6.98. The molecule has 0 aromatic heterocycles. The smallest absolute Gasteiger partial charge is 0.123 e. The maximum atomic E-state index is 12.8. The maximum Gasteiger partial charge on any atom is 0.123 e. The molecule has 15 heavy (non-hydrogen) atoms. The Labute approximate surface area is 90.7 Å². The summed E-state index contributed by atoms with van der Waals surface area (Å²) in [4.78, 5) is 0. The lowest BCUT2D eigenvalue weighted by Crippen LogP contribution is -2.10. The maximum absolute atomic E-state index is 12.8. The van der Waals surface area contributed by atoms with Crippen molar-refractivity contribution >= 4 is 0 Å². The predicted octanol–water partition coefficient (Wildman–Crippen LogP) is 2.93. The van der Waals surface area contributed by atoms with E-state index in [1.165, 1.54) is 18.4 Å². The van der Waals surface area contributed by atoms with E-state index in [-0.39, 0.29) is 5.82 Å². The number of hydrogen-bond acceptors (Lipinski definition) is 1. The molecule has 1 aliphatic heterocycles. The van der Waals surface area contributed by atoms with E-state index in [1.807, 2.05) is 12.1 Å². The van der Waals surface area contributed by atoms with Gasteiger partial charge in [-0.25, -0.2) is 4.39 Å². The summed E-state index contributed by atoms with van der Waals surface area (Å²) < 4.78 is 12.8. The topological polar surface area (TPSA) is 12.0 Å². The summed E-state index contributed by atoms with van der Waals surface area (Å²) in [5.41, 5.74) is 1.28. The number of nitrogens with one attached hydrogen (secondary N) is 1. The van der Waals surface area contributed by atoms with Gasteiger partial charge in [0.25, 0.3) is 0 Å².